The molecular formula is C26H22F2N2O3. The first-order valence-electron chi connectivity index (χ1n) is 10.8. The van der Waals surface area contributed by atoms with Crippen LogP contribution in [0.4, 0.5) is 8.78 Å². The number of benzene rings is 2. The summed E-state index contributed by atoms with van der Waals surface area (Å²) in [6.45, 7) is 1.94. The third kappa shape index (κ3) is 3.84. The number of hydrogen-bond acceptors (Lipinski definition) is 3. The summed E-state index contributed by atoms with van der Waals surface area (Å²) in [6.07, 6.45) is 4.86. The highest BCUT2D eigenvalue weighted by Crippen LogP contribution is 2.43. The van der Waals surface area contributed by atoms with Gasteiger partial charge >= 0.3 is 0 Å². The summed E-state index contributed by atoms with van der Waals surface area (Å²) in [4.78, 5) is 26.5. The van der Waals surface area contributed by atoms with E-state index < -0.39 is 17.3 Å². The maximum atomic E-state index is 14.7. The van der Waals surface area contributed by atoms with Crippen LogP contribution in [0.2, 0.25) is 0 Å². The maximum absolute atomic E-state index is 14.7. The van der Waals surface area contributed by atoms with Crippen LogP contribution in [0.25, 0.3) is 10.8 Å². The van der Waals surface area contributed by atoms with Crippen molar-refractivity contribution in [2.45, 2.75) is 38.8 Å². The first-order chi connectivity index (χ1) is 16.0. The highest BCUT2D eigenvalue weighted by molar-refractivity contribution is 6.07. The minimum atomic E-state index is -0.686. The van der Waals surface area contributed by atoms with Crippen molar-refractivity contribution in [3.05, 3.63) is 105 Å². The number of halogens is 2. The van der Waals surface area contributed by atoms with Gasteiger partial charge in [0.2, 0.25) is 0 Å². The molecule has 1 amide bonds. The third-order valence-corrected chi connectivity index (χ3v) is 6.22. The molecule has 1 N–H and O–H groups in total. The van der Waals surface area contributed by atoms with Gasteiger partial charge in [-0.05, 0) is 55.0 Å². The summed E-state index contributed by atoms with van der Waals surface area (Å²) in [5.41, 5.74) is 2.21. The smallest absolute Gasteiger partial charge is 0.261 e. The lowest BCUT2D eigenvalue weighted by Gasteiger charge is -2.18. The van der Waals surface area contributed by atoms with Gasteiger partial charge in [0.15, 0.2) is 0 Å². The van der Waals surface area contributed by atoms with Gasteiger partial charge in [-0.3, -0.25) is 9.59 Å². The summed E-state index contributed by atoms with van der Waals surface area (Å²) in [6, 6.07) is 10.8. The van der Waals surface area contributed by atoms with Gasteiger partial charge in [-0.2, -0.15) is 0 Å². The molecule has 0 spiro atoms. The minimum absolute atomic E-state index is 0.138. The van der Waals surface area contributed by atoms with E-state index in [-0.39, 0.29) is 41.2 Å². The summed E-state index contributed by atoms with van der Waals surface area (Å²) in [5.74, 6) is -1.21. The Kier molecular flexibility index (Phi) is 5.32. The van der Waals surface area contributed by atoms with Gasteiger partial charge in [-0.1, -0.05) is 24.3 Å². The number of carbonyl (C=O) groups excluding carboxylic acids is 1. The van der Waals surface area contributed by atoms with Crippen molar-refractivity contribution in [3.8, 4) is 0 Å². The zero-order chi connectivity index (χ0) is 23.1. The summed E-state index contributed by atoms with van der Waals surface area (Å²) < 4.78 is 35.6. The molecule has 1 saturated carbocycles. The van der Waals surface area contributed by atoms with Gasteiger partial charge in [0, 0.05) is 23.2 Å². The van der Waals surface area contributed by atoms with Crippen LogP contribution in [-0.4, -0.2) is 10.5 Å². The van der Waals surface area contributed by atoms with Crippen LogP contribution < -0.4 is 10.9 Å². The van der Waals surface area contributed by atoms with Crippen molar-refractivity contribution in [2.75, 3.05) is 0 Å². The normalized spacial score (nSPS) is 13.4. The Morgan fingerprint density at radius 2 is 1.88 bits per heavy atom. The fourth-order valence-electron chi connectivity index (χ4n) is 4.44. The third-order valence-electron chi connectivity index (χ3n) is 6.22. The Morgan fingerprint density at radius 3 is 2.61 bits per heavy atom. The molecule has 0 aliphatic heterocycles. The fraction of sp³-hybridized carbons (Fsp3) is 0.231. The molecule has 5 rings (SSSR count). The Hall–Kier alpha value is -3.74. The first-order valence-corrected chi connectivity index (χ1v) is 10.8. The van der Waals surface area contributed by atoms with Crippen molar-refractivity contribution in [1.29, 1.82) is 0 Å². The largest absolute Gasteiger partial charge is 0.472 e. The zero-order valence-corrected chi connectivity index (χ0v) is 18.0. The monoisotopic (exact) mass is 448 g/mol. The SMILES string of the molecule is Cc1c(C(=O)NCc2cccc(F)c2C2CC2)c2cccc(F)c2c(=O)n1Cc1ccoc1. The van der Waals surface area contributed by atoms with Crippen LogP contribution >= 0.6 is 0 Å². The first kappa shape index (κ1) is 21.1. The van der Waals surface area contributed by atoms with Crippen LogP contribution in [0.5, 0.6) is 0 Å². The van der Waals surface area contributed by atoms with E-state index in [9.17, 15) is 18.4 Å². The van der Waals surface area contributed by atoms with E-state index in [1.807, 2.05) is 6.07 Å². The molecule has 2 aromatic carbocycles. The Bertz CT molecular complexity index is 1420. The van der Waals surface area contributed by atoms with Crippen LogP contribution in [-0.2, 0) is 13.1 Å². The lowest BCUT2D eigenvalue weighted by Crippen LogP contribution is -2.31. The summed E-state index contributed by atoms with van der Waals surface area (Å²) in [5, 5.41) is 2.97. The molecule has 0 unspecified atom stereocenters. The average Bonchev–Trinajstić information content (AvgIpc) is 3.49. The number of nitrogens with one attached hydrogen (secondary N) is 1. The second-order valence-corrected chi connectivity index (χ2v) is 8.42. The summed E-state index contributed by atoms with van der Waals surface area (Å²) >= 11 is 0. The van der Waals surface area contributed by atoms with Crippen molar-refractivity contribution < 1.29 is 18.0 Å². The molecule has 1 fully saturated rings. The van der Waals surface area contributed by atoms with Crippen LogP contribution in [0, 0.1) is 18.6 Å². The molecule has 2 aromatic heterocycles. The van der Waals surface area contributed by atoms with E-state index in [2.05, 4.69) is 5.32 Å². The number of pyridine rings is 1. The van der Waals surface area contributed by atoms with Crippen molar-refractivity contribution in [2.24, 2.45) is 0 Å². The molecule has 0 radical (unpaired) electrons. The predicted octanol–water partition coefficient (Wildman–Crippen LogP) is 5.04. The predicted molar refractivity (Wildman–Crippen MR) is 120 cm³/mol. The van der Waals surface area contributed by atoms with E-state index in [4.69, 9.17) is 4.42 Å². The molecule has 2 heterocycles. The number of fused-ring (bicyclic) bond motifs is 1. The number of amides is 1. The molecule has 168 valence electrons. The number of nitrogens with zero attached hydrogens (tertiary/aromatic N) is 1. The molecule has 4 aromatic rings. The molecule has 1 aliphatic carbocycles. The van der Waals surface area contributed by atoms with Crippen LogP contribution in [0.15, 0.2) is 64.2 Å². The number of carbonyl (C=O) groups is 1. The van der Waals surface area contributed by atoms with Gasteiger partial charge in [0.05, 0.1) is 30.0 Å². The topological polar surface area (TPSA) is 64.2 Å². The number of furan rings is 1. The lowest BCUT2D eigenvalue weighted by molar-refractivity contribution is 0.0951. The standard InChI is InChI=1S/C26H22F2N2O3/c1-15-22(25(31)29-12-18-4-2-6-20(27)23(18)17-8-9-17)19-5-3-7-21(28)24(19)26(32)30(15)13-16-10-11-33-14-16/h2-7,10-11,14,17H,8-9,12-13H2,1H3,(H,29,31). The Balaban J connectivity index is 1.56. The van der Waals surface area contributed by atoms with Gasteiger partial charge in [-0.25, -0.2) is 8.78 Å². The number of hydrogen-bond donors (Lipinski definition) is 1. The Labute approximate surface area is 188 Å². The molecule has 0 bridgehead atoms. The van der Waals surface area contributed by atoms with Gasteiger partial charge in [0.1, 0.15) is 11.6 Å². The van der Waals surface area contributed by atoms with Crippen LogP contribution in [0.1, 0.15) is 51.5 Å². The minimum Gasteiger partial charge on any atom is -0.472 e. The van der Waals surface area contributed by atoms with E-state index in [0.717, 1.165) is 24.0 Å². The zero-order valence-electron chi connectivity index (χ0n) is 18.0. The number of rotatable bonds is 6. The van der Waals surface area contributed by atoms with Crippen LogP contribution in [0.3, 0.4) is 0 Å². The van der Waals surface area contributed by atoms with Gasteiger partial charge in [-0.15, -0.1) is 0 Å². The molecule has 33 heavy (non-hydrogen) atoms. The molecule has 5 nitrogen and oxygen atoms in total. The van der Waals surface area contributed by atoms with Crippen molar-refractivity contribution in [3.63, 3.8) is 0 Å². The van der Waals surface area contributed by atoms with Crippen molar-refractivity contribution in [1.82, 2.24) is 9.88 Å². The average molecular weight is 448 g/mol. The molecule has 0 saturated heterocycles. The van der Waals surface area contributed by atoms with Gasteiger partial charge < -0.3 is 14.3 Å². The van der Waals surface area contributed by atoms with E-state index in [1.54, 1.807) is 25.1 Å². The maximum Gasteiger partial charge on any atom is 0.261 e. The second-order valence-electron chi connectivity index (χ2n) is 8.42. The quantitative estimate of drug-likeness (QED) is 0.450. The fourth-order valence-corrected chi connectivity index (χ4v) is 4.44. The molecule has 0 atom stereocenters. The Morgan fingerprint density at radius 1 is 1.12 bits per heavy atom. The summed E-state index contributed by atoms with van der Waals surface area (Å²) in [7, 11) is 0. The lowest BCUT2D eigenvalue weighted by atomic mass is 10.0. The number of aromatic nitrogens is 1. The van der Waals surface area contributed by atoms with E-state index >= 15 is 0 Å². The highest BCUT2D eigenvalue weighted by Gasteiger charge is 2.29. The molecule has 1 aliphatic rings. The van der Waals surface area contributed by atoms with E-state index in [0.29, 0.717) is 11.3 Å². The highest BCUT2D eigenvalue weighted by atomic mass is 19.1. The molecular weight excluding hydrogens is 426 g/mol. The van der Waals surface area contributed by atoms with Gasteiger partial charge in [0.25, 0.3) is 11.5 Å². The second kappa shape index (κ2) is 8.31. The van der Waals surface area contributed by atoms with E-state index in [1.165, 1.54) is 35.3 Å². The molecule has 7 heteroatoms. The van der Waals surface area contributed by atoms with Crippen molar-refractivity contribution >= 4 is 16.7 Å².